The number of hydrogen-bond donors (Lipinski definition) is 1. The lowest BCUT2D eigenvalue weighted by atomic mass is 10.1. The summed E-state index contributed by atoms with van der Waals surface area (Å²) in [6.07, 6.45) is -3.25. The molecular weight excluding hydrogens is 307 g/mol. The molecule has 0 aliphatic rings. The molecule has 0 aliphatic heterocycles. The van der Waals surface area contributed by atoms with Crippen molar-refractivity contribution in [1.82, 2.24) is 19.8 Å². The summed E-state index contributed by atoms with van der Waals surface area (Å²) in [4.78, 5) is 12.3. The molecule has 0 unspecified atom stereocenters. The Morgan fingerprint density at radius 1 is 1.29 bits per heavy atom. The number of aromatic nitrogens is 4. The van der Waals surface area contributed by atoms with Crippen LogP contribution in [-0.4, -0.2) is 25.7 Å². The van der Waals surface area contributed by atoms with E-state index in [1.807, 2.05) is 0 Å². The third-order valence-corrected chi connectivity index (χ3v) is 3.47. The number of amides is 1. The van der Waals surface area contributed by atoms with Crippen LogP contribution in [0, 0.1) is 0 Å². The topological polar surface area (TPSA) is 72.2 Å². The van der Waals surface area contributed by atoms with Crippen LogP contribution in [0.3, 0.4) is 0 Å². The molecule has 3 aromatic rings. The second-order valence-electron chi connectivity index (χ2n) is 3.96. The molecule has 21 heavy (non-hydrogen) atoms. The fourth-order valence-electron chi connectivity index (χ4n) is 1.67. The standard InChI is InChI=1S/C11H6F3N5OS/c12-11(13,14)6-3-1-2-4-7(6)16-8(20)9-18-19-5-15-17-10(19)21-9/h1-5H,(H,16,20). The maximum Gasteiger partial charge on any atom is 0.418 e. The Hall–Kier alpha value is -2.49. The SMILES string of the molecule is O=C(Nc1ccccc1C(F)(F)F)c1nn2cnnc2s1. The quantitative estimate of drug-likeness (QED) is 0.789. The van der Waals surface area contributed by atoms with E-state index in [-0.39, 0.29) is 10.7 Å². The van der Waals surface area contributed by atoms with Crippen molar-refractivity contribution in [3.63, 3.8) is 0 Å². The average molecular weight is 313 g/mol. The minimum Gasteiger partial charge on any atom is -0.319 e. The maximum absolute atomic E-state index is 12.8. The zero-order chi connectivity index (χ0) is 15.0. The van der Waals surface area contributed by atoms with Crippen LogP contribution < -0.4 is 5.32 Å². The Morgan fingerprint density at radius 2 is 2.05 bits per heavy atom. The summed E-state index contributed by atoms with van der Waals surface area (Å²) in [6, 6.07) is 4.74. The minimum atomic E-state index is -4.55. The summed E-state index contributed by atoms with van der Waals surface area (Å²) in [5, 5.41) is 13.4. The third-order valence-electron chi connectivity index (χ3n) is 2.56. The number of carbonyl (C=O) groups is 1. The van der Waals surface area contributed by atoms with E-state index in [1.54, 1.807) is 0 Å². The molecule has 0 saturated carbocycles. The van der Waals surface area contributed by atoms with Gasteiger partial charge in [-0.3, -0.25) is 4.79 Å². The molecule has 3 rings (SSSR count). The molecule has 2 heterocycles. The fourth-order valence-corrected chi connectivity index (χ4v) is 2.38. The number of alkyl halides is 3. The van der Waals surface area contributed by atoms with Crippen molar-refractivity contribution in [2.45, 2.75) is 6.18 Å². The normalized spacial score (nSPS) is 11.8. The zero-order valence-electron chi connectivity index (χ0n) is 10.1. The minimum absolute atomic E-state index is 0.00289. The Labute approximate surface area is 119 Å². The Bertz CT molecular complexity index is 781. The summed E-state index contributed by atoms with van der Waals surface area (Å²) >= 11 is 0.930. The van der Waals surface area contributed by atoms with Gasteiger partial charge in [-0.15, -0.1) is 15.3 Å². The molecule has 0 saturated heterocycles. The van der Waals surface area contributed by atoms with Crippen molar-refractivity contribution >= 4 is 27.9 Å². The maximum atomic E-state index is 12.8. The summed E-state index contributed by atoms with van der Waals surface area (Å²) in [7, 11) is 0. The van der Waals surface area contributed by atoms with Gasteiger partial charge in [0, 0.05) is 0 Å². The van der Waals surface area contributed by atoms with Crippen LogP contribution >= 0.6 is 11.3 Å². The van der Waals surface area contributed by atoms with E-state index >= 15 is 0 Å². The van der Waals surface area contributed by atoms with Gasteiger partial charge in [0.2, 0.25) is 9.97 Å². The molecule has 0 atom stereocenters. The van der Waals surface area contributed by atoms with E-state index < -0.39 is 17.6 Å². The van der Waals surface area contributed by atoms with E-state index in [0.29, 0.717) is 4.96 Å². The van der Waals surface area contributed by atoms with Gasteiger partial charge in [0.1, 0.15) is 6.33 Å². The molecule has 1 aromatic carbocycles. The van der Waals surface area contributed by atoms with Crippen molar-refractivity contribution in [2.24, 2.45) is 0 Å². The molecule has 2 aromatic heterocycles. The lowest BCUT2D eigenvalue weighted by Gasteiger charge is -2.12. The van der Waals surface area contributed by atoms with E-state index in [9.17, 15) is 18.0 Å². The Kier molecular flexibility index (Phi) is 3.09. The first kappa shape index (κ1) is 13.5. The largest absolute Gasteiger partial charge is 0.418 e. The lowest BCUT2D eigenvalue weighted by Crippen LogP contribution is -2.16. The van der Waals surface area contributed by atoms with Gasteiger partial charge < -0.3 is 5.32 Å². The lowest BCUT2D eigenvalue weighted by molar-refractivity contribution is -0.136. The predicted molar refractivity (Wildman–Crippen MR) is 68.1 cm³/mol. The molecule has 0 bridgehead atoms. The van der Waals surface area contributed by atoms with E-state index in [1.165, 1.54) is 29.0 Å². The van der Waals surface area contributed by atoms with E-state index in [0.717, 1.165) is 17.4 Å². The van der Waals surface area contributed by atoms with Crippen molar-refractivity contribution in [1.29, 1.82) is 0 Å². The van der Waals surface area contributed by atoms with Gasteiger partial charge in [0.05, 0.1) is 11.3 Å². The van der Waals surface area contributed by atoms with Crippen LogP contribution in [0.25, 0.3) is 4.96 Å². The first-order valence-electron chi connectivity index (χ1n) is 5.59. The molecule has 0 fully saturated rings. The van der Waals surface area contributed by atoms with Crippen LogP contribution in [-0.2, 0) is 6.18 Å². The molecular formula is C11H6F3N5OS. The Morgan fingerprint density at radius 3 is 2.76 bits per heavy atom. The number of nitrogens with zero attached hydrogens (tertiary/aromatic N) is 4. The zero-order valence-corrected chi connectivity index (χ0v) is 10.9. The summed E-state index contributed by atoms with van der Waals surface area (Å²) in [5.74, 6) is -0.734. The fraction of sp³-hybridized carbons (Fsp3) is 0.0909. The molecule has 6 nitrogen and oxygen atoms in total. The van der Waals surface area contributed by atoms with Crippen LogP contribution in [0.1, 0.15) is 15.4 Å². The van der Waals surface area contributed by atoms with Crippen molar-refractivity contribution in [3.8, 4) is 0 Å². The molecule has 108 valence electrons. The highest BCUT2D eigenvalue weighted by Gasteiger charge is 2.33. The molecule has 0 spiro atoms. The number of fused-ring (bicyclic) bond motifs is 1. The highest BCUT2D eigenvalue weighted by atomic mass is 32.1. The number of anilines is 1. The number of halogens is 3. The number of benzene rings is 1. The number of carbonyl (C=O) groups excluding carboxylic acids is 1. The summed E-state index contributed by atoms with van der Waals surface area (Å²) < 4.78 is 39.8. The number of nitrogens with one attached hydrogen (secondary N) is 1. The summed E-state index contributed by atoms with van der Waals surface area (Å²) in [6.45, 7) is 0. The molecule has 0 radical (unpaired) electrons. The van der Waals surface area contributed by atoms with Gasteiger partial charge in [-0.1, -0.05) is 23.5 Å². The number of hydrogen-bond acceptors (Lipinski definition) is 5. The number of para-hydroxylation sites is 1. The second-order valence-corrected chi connectivity index (χ2v) is 4.92. The van der Waals surface area contributed by atoms with Gasteiger partial charge in [-0.25, -0.2) is 0 Å². The monoisotopic (exact) mass is 313 g/mol. The smallest absolute Gasteiger partial charge is 0.319 e. The Balaban J connectivity index is 1.90. The average Bonchev–Trinajstić information content (AvgIpc) is 2.98. The highest BCUT2D eigenvalue weighted by molar-refractivity contribution is 7.18. The first-order valence-corrected chi connectivity index (χ1v) is 6.41. The molecule has 1 N–H and O–H groups in total. The van der Waals surface area contributed by atoms with Gasteiger partial charge in [-0.2, -0.15) is 17.7 Å². The van der Waals surface area contributed by atoms with Crippen LogP contribution in [0.15, 0.2) is 30.6 Å². The van der Waals surface area contributed by atoms with Gasteiger partial charge in [0.25, 0.3) is 5.91 Å². The van der Waals surface area contributed by atoms with Crippen LogP contribution in [0.5, 0.6) is 0 Å². The highest BCUT2D eigenvalue weighted by Crippen LogP contribution is 2.34. The van der Waals surface area contributed by atoms with E-state index in [4.69, 9.17) is 0 Å². The summed E-state index contributed by atoms with van der Waals surface area (Å²) in [5.41, 5.74) is -1.23. The van der Waals surface area contributed by atoms with Crippen molar-refractivity contribution < 1.29 is 18.0 Å². The van der Waals surface area contributed by atoms with Gasteiger partial charge >= 0.3 is 6.18 Å². The second kappa shape index (κ2) is 4.81. The first-order chi connectivity index (χ1) is 9.95. The molecule has 1 amide bonds. The van der Waals surface area contributed by atoms with Crippen molar-refractivity contribution in [2.75, 3.05) is 5.32 Å². The van der Waals surface area contributed by atoms with E-state index in [2.05, 4.69) is 20.6 Å². The number of rotatable bonds is 2. The van der Waals surface area contributed by atoms with Crippen LogP contribution in [0.4, 0.5) is 18.9 Å². The third kappa shape index (κ3) is 2.57. The molecule has 0 aliphatic carbocycles. The molecule has 10 heteroatoms. The van der Waals surface area contributed by atoms with Crippen molar-refractivity contribution in [3.05, 3.63) is 41.2 Å². The van der Waals surface area contributed by atoms with Crippen LogP contribution in [0.2, 0.25) is 0 Å². The van der Waals surface area contributed by atoms with Gasteiger partial charge in [0.15, 0.2) is 0 Å². The predicted octanol–water partition coefficient (Wildman–Crippen LogP) is 2.46. The van der Waals surface area contributed by atoms with Gasteiger partial charge in [-0.05, 0) is 12.1 Å².